The molecule has 1 aliphatic heterocycles. The molecule has 1 amide bonds. The molecule has 0 fully saturated rings. The van der Waals surface area contributed by atoms with Crippen molar-refractivity contribution in [3.63, 3.8) is 0 Å². The van der Waals surface area contributed by atoms with E-state index in [4.69, 9.17) is 4.74 Å². The van der Waals surface area contributed by atoms with Gasteiger partial charge >= 0.3 is 5.97 Å². The molecule has 0 atom stereocenters. The Hall–Kier alpha value is -3.52. The maximum absolute atomic E-state index is 13.9. The zero-order chi connectivity index (χ0) is 23.7. The van der Waals surface area contributed by atoms with Crippen LogP contribution in [0.3, 0.4) is 0 Å². The van der Waals surface area contributed by atoms with E-state index in [0.29, 0.717) is 0 Å². The summed E-state index contributed by atoms with van der Waals surface area (Å²) >= 11 is 0. The Morgan fingerprint density at radius 3 is 2.59 bits per heavy atom. The average Bonchev–Trinajstić information content (AvgIpc) is 2.65. The molecule has 0 unspecified atom stereocenters. The highest BCUT2D eigenvalue weighted by molar-refractivity contribution is 7.92. The minimum Gasteiger partial charge on any atom is -0.454 e. The van der Waals surface area contributed by atoms with Crippen LogP contribution >= 0.6 is 0 Å². The molecule has 32 heavy (non-hydrogen) atoms. The van der Waals surface area contributed by atoms with Gasteiger partial charge in [-0.1, -0.05) is 6.07 Å². The molecule has 0 aliphatic carbocycles. The third-order valence-corrected chi connectivity index (χ3v) is 5.91. The number of amides is 1. The van der Waals surface area contributed by atoms with Gasteiger partial charge in [0.15, 0.2) is 12.4 Å². The van der Waals surface area contributed by atoms with Gasteiger partial charge in [0.2, 0.25) is 15.9 Å². The molecule has 14 heteroatoms. The first-order valence-electron chi connectivity index (χ1n) is 8.81. The van der Waals surface area contributed by atoms with Gasteiger partial charge in [-0.25, -0.2) is 17.6 Å². The maximum Gasteiger partial charge on any atom is 0.340 e. The number of halogens is 1. The third kappa shape index (κ3) is 5.39. The van der Waals surface area contributed by atoms with E-state index in [9.17, 15) is 30.8 Å². The number of nitrogens with one attached hydrogen (secondary N) is 3. The number of hydrogen-bond acceptors (Lipinski definition) is 8. The van der Waals surface area contributed by atoms with Crippen molar-refractivity contribution < 1.29 is 35.6 Å². The zero-order valence-corrected chi connectivity index (χ0v) is 18.3. The van der Waals surface area contributed by atoms with Crippen molar-refractivity contribution in [2.24, 2.45) is 4.40 Å². The van der Waals surface area contributed by atoms with E-state index in [1.165, 1.54) is 37.3 Å². The first-order chi connectivity index (χ1) is 14.9. The van der Waals surface area contributed by atoms with Crippen LogP contribution in [0.2, 0.25) is 0 Å². The predicted octanol–water partition coefficient (Wildman–Crippen LogP) is 1.53. The van der Waals surface area contributed by atoms with Crippen LogP contribution in [-0.4, -0.2) is 47.4 Å². The molecule has 0 saturated heterocycles. The highest BCUT2D eigenvalue weighted by atomic mass is 32.2. The van der Waals surface area contributed by atoms with Crippen LogP contribution in [-0.2, 0) is 29.6 Å². The van der Waals surface area contributed by atoms with E-state index >= 15 is 0 Å². The van der Waals surface area contributed by atoms with Crippen molar-refractivity contribution in [3.8, 4) is 0 Å². The topological polar surface area (TPSA) is 160 Å². The number of esters is 1. The zero-order valence-electron chi connectivity index (χ0n) is 16.7. The van der Waals surface area contributed by atoms with Gasteiger partial charge in [0.05, 0.1) is 23.2 Å². The van der Waals surface area contributed by atoms with Gasteiger partial charge in [-0.2, -0.15) is 8.42 Å². The van der Waals surface area contributed by atoms with Crippen LogP contribution in [0.5, 0.6) is 0 Å². The van der Waals surface area contributed by atoms with Crippen LogP contribution in [0.1, 0.15) is 17.3 Å². The number of benzene rings is 2. The molecule has 2 aromatic carbocycles. The third-order valence-electron chi connectivity index (χ3n) is 3.93. The van der Waals surface area contributed by atoms with Crippen molar-refractivity contribution in [1.29, 1.82) is 0 Å². The predicted molar refractivity (Wildman–Crippen MR) is 114 cm³/mol. The van der Waals surface area contributed by atoms with E-state index in [1.807, 2.05) is 0 Å². The second kappa shape index (κ2) is 8.55. The molecule has 3 N–H and O–H groups in total. The fourth-order valence-corrected chi connectivity index (χ4v) is 4.56. The summed E-state index contributed by atoms with van der Waals surface area (Å²) in [5.41, 5.74) is -0.237. The lowest BCUT2D eigenvalue weighted by atomic mass is 10.1. The molecule has 0 spiro atoms. The molecule has 2 aromatic rings. The van der Waals surface area contributed by atoms with E-state index in [0.717, 1.165) is 12.3 Å². The van der Waals surface area contributed by atoms with Crippen molar-refractivity contribution in [3.05, 3.63) is 47.8 Å². The van der Waals surface area contributed by atoms with Crippen LogP contribution in [0.25, 0.3) is 0 Å². The van der Waals surface area contributed by atoms with Crippen molar-refractivity contribution in [2.45, 2.75) is 11.8 Å². The summed E-state index contributed by atoms with van der Waals surface area (Å²) in [7, 11) is -8.12. The van der Waals surface area contributed by atoms with Crippen molar-refractivity contribution in [2.75, 3.05) is 28.2 Å². The molecule has 3 rings (SSSR count). The molecule has 1 aliphatic rings. The Kier molecular flexibility index (Phi) is 6.18. The van der Waals surface area contributed by atoms with E-state index in [2.05, 4.69) is 19.8 Å². The van der Waals surface area contributed by atoms with Crippen LogP contribution in [0.4, 0.5) is 21.5 Å². The number of anilines is 3. The number of carbonyl (C=O) groups is 2. The molecule has 0 bridgehead atoms. The summed E-state index contributed by atoms with van der Waals surface area (Å²) in [6, 6.07) is 7.39. The van der Waals surface area contributed by atoms with Gasteiger partial charge in [-0.3, -0.25) is 9.52 Å². The first-order valence-corrected chi connectivity index (χ1v) is 12.1. The standard InChI is InChI=1S/C18H17FN4O7S2/c1-10(24)20-11-6-7-14(22-31(2,26)27)12(8-11)18(25)30-9-16-21-15-5-3-4-13(19)17(15)32(28,29)23-16/h3-8,22H,9H2,1-2H3,(H,20,24)(H,21,23). The quantitative estimate of drug-likeness (QED) is 0.520. The minimum atomic E-state index is -4.37. The minimum absolute atomic E-state index is 0.0712. The lowest BCUT2D eigenvalue weighted by molar-refractivity contribution is -0.114. The fourth-order valence-electron chi connectivity index (χ4n) is 2.80. The highest BCUT2D eigenvalue weighted by Crippen LogP contribution is 2.29. The van der Waals surface area contributed by atoms with Crippen LogP contribution < -0.4 is 15.4 Å². The number of sulfonamides is 2. The molecule has 0 saturated carbocycles. The SMILES string of the molecule is CC(=O)Nc1ccc(NS(C)(=O)=O)c(C(=O)OCC2=NS(=O)(=O)c3c(F)cccc3N2)c1. The van der Waals surface area contributed by atoms with Gasteiger partial charge in [0, 0.05) is 12.6 Å². The summed E-state index contributed by atoms with van der Waals surface area (Å²) in [6.07, 6.45) is 0.881. The Morgan fingerprint density at radius 2 is 1.94 bits per heavy atom. The van der Waals surface area contributed by atoms with Crippen LogP contribution in [0, 0.1) is 5.82 Å². The van der Waals surface area contributed by atoms with Gasteiger partial charge in [-0.05, 0) is 30.3 Å². The lowest BCUT2D eigenvalue weighted by Gasteiger charge is -2.18. The monoisotopic (exact) mass is 484 g/mol. The average molecular weight is 484 g/mol. The van der Waals surface area contributed by atoms with Gasteiger partial charge < -0.3 is 15.4 Å². The van der Waals surface area contributed by atoms with Crippen molar-refractivity contribution in [1.82, 2.24) is 0 Å². The molecule has 1 heterocycles. The van der Waals surface area contributed by atoms with Crippen molar-refractivity contribution >= 4 is 54.8 Å². The summed E-state index contributed by atoms with van der Waals surface area (Å²) in [6.45, 7) is 0.603. The number of amidine groups is 1. The number of nitrogens with zero attached hydrogens (tertiary/aromatic N) is 1. The number of rotatable bonds is 6. The molecular formula is C18H17FN4O7S2. The Balaban J connectivity index is 1.86. The fraction of sp³-hybridized carbons (Fsp3) is 0.167. The van der Waals surface area contributed by atoms with E-state index in [-0.39, 0.29) is 28.5 Å². The van der Waals surface area contributed by atoms with Gasteiger partial charge in [0.1, 0.15) is 10.7 Å². The number of ether oxygens (including phenoxy) is 1. The molecular weight excluding hydrogens is 467 g/mol. The second-order valence-electron chi connectivity index (χ2n) is 6.65. The molecule has 0 radical (unpaired) electrons. The summed E-state index contributed by atoms with van der Waals surface area (Å²) in [4.78, 5) is 23.3. The maximum atomic E-state index is 13.9. The van der Waals surface area contributed by atoms with E-state index < -0.39 is 49.2 Å². The summed E-state index contributed by atoms with van der Waals surface area (Å²) in [5.74, 6) is -2.73. The van der Waals surface area contributed by atoms with Gasteiger partial charge in [0.25, 0.3) is 10.0 Å². The Morgan fingerprint density at radius 1 is 1.22 bits per heavy atom. The van der Waals surface area contributed by atoms with Crippen LogP contribution in [0.15, 0.2) is 45.7 Å². The van der Waals surface area contributed by atoms with Gasteiger partial charge in [-0.15, -0.1) is 4.40 Å². The second-order valence-corrected chi connectivity index (χ2v) is 9.94. The normalized spacial score (nSPS) is 14.4. The number of carbonyl (C=O) groups excluding carboxylic acids is 2. The lowest BCUT2D eigenvalue weighted by Crippen LogP contribution is -2.28. The Bertz CT molecular complexity index is 1360. The largest absolute Gasteiger partial charge is 0.454 e. The highest BCUT2D eigenvalue weighted by Gasteiger charge is 2.29. The molecule has 0 aromatic heterocycles. The number of fused-ring (bicyclic) bond motifs is 1. The van der Waals surface area contributed by atoms with E-state index in [1.54, 1.807) is 0 Å². The summed E-state index contributed by atoms with van der Waals surface area (Å²) < 4.78 is 72.2. The Labute approximate surface area is 182 Å². The first kappa shape index (κ1) is 23.1. The smallest absolute Gasteiger partial charge is 0.340 e. The number of hydrogen-bond donors (Lipinski definition) is 3. The summed E-state index contributed by atoms with van der Waals surface area (Å²) in [5, 5.41) is 5.02. The molecule has 170 valence electrons. The molecule has 11 nitrogen and oxygen atoms in total.